The molecule has 0 saturated carbocycles. The summed E-state index contributed by atoms with van der Waals surface area (Å²) in [7, 11) is 0. The molecule has 0 aliphatic carbocycles. The summed E-state index contributed by atoms with van der Waals surface area (Å²) < 4.78 is 0. The number of nitrogens with one attached hydrogen (secondary N) is 3. The lowest BCUT2D eigenvalue weighted by Crippen LogP contribution is -2.59. The molecule has 0 heterocycles. The summed E-state index contributed by atoms with van der Waals surface area (Å²) in [6, 6.07) is -5.83. The summed E-state index contributed by atoms with van der Waals surface area (Å²) >= 11 is 0. The number of hydrogen-bond acceptors (Lipinski definition) is 8. The van der Waals surface area contributed by atoms with E-state index in [1.165, 1.54) is 0 Å². The van der Waals surface area contributed by atoms with Crippen LogP contribution < -0.4 is 21.7 Å². The first-order valence-corrected chi connectivity index (χ1v) is 9.77. The van der Waals surface area contributed by atoms with Gasteiger partial charge in [-0.3, -0.25) is 24.0 Å². The molecular weight excluding hydrogens is 432 g/mol. The SMILES string of the molecule is CCC(C)C(NC(=O)C(CCC(=O)O)NC(=O)C(N)CO)C(=O)NC(CC(=O)O)C(=O)O. The van der Waals surface area contributed by atoms with E-state index >= 15 is 0 Å². The van der Waals surface area contributed by atoms with Crippen LogP contribution in [-0.4, -0.2) is 86.8 Å². The predicted molar refractivity (Wildman–Crippen MR) is 107 cm³/mol. The number of aliphatic hydroxyl groups excluding tert-OH is 1. The third kappa shape index (κ3) is 10.2. The second-order valence-electron chi connectivity index (χ2n) is 7.15. The topological polar surface area (TPSA) is 245 Å². The van der Waals surface area contributed by atoms with Crippen LogP contribution in [0.3, 0.4) is 0 Å². The van der Waals surface area contributed by atoms with Gasteiger partial charge in [0.25, 0.3) is 0 Å². The summed E-state index contributed by atoms with van der Waals surface area (Å²) in [5.74, 6) is -7.65. The zero-order valence-electron chi connectivity index (χ0n) is 17.7. The minimum Gasteiger partial charge on any atom is -0.481 e. The van der Waals surface area contributed by atoms with E-state index in [1.807, 2.05) is 0 Å². The van der Waals surface area contributed by atoms with E-state index in [2.05, 4.69) is 16.0 Å². The van der Waals surface area contributed by atoms with Crippen LogP contribution in [0.4, 0.5) is 0 Å². The maximum absolute atomic E-state index is 12.7. The number of carbonyl (C=O) groups excluding carboxylic acids is 3. The number of carboxylic acids is 3. The molecule has 32 heavy (non-hydrogen) atoms. The first kappa shape index (κ1) is 28.7. The van der Waals surface area contributed by atoms with Gasteiger partial charge < -0.3 is 42.1 Å². The molecule has 14 nitrogen and oxygen atoms in total. The molecule has 5 unspecified atom stereocenters. The van der Waals surface area contributed by atoms with Crippen LogP contribution in [0.2, 0.25) is 0 Å². The molecular formula is C18H30N4O10. The highest BCUT2D eigenvalue weighted by Crippen LogP contribution is 2.10. The van der Waals surface area contributed by atoms with E-state index in [1.54, 1.807) is 13.8 Å². The number of carboxylic acid groups (broad SMARTS) is 3. The number of hydrogen-bond donors (Lipinski definition) is 8. The van der Waals surface area contributed by atoms with E-state index in [-0.39, 0.29) is 6.42 Å². The molecule has 0 rings (SSSR count). The van der Waals surface area contributed by atoms with Gasteiger partial charge in [-0.25, -0.2) is 4.79 Å². The standard InChI is InChI=1S/C18H30N4O10/c1-3-8(2)14(17(30)21-11(18(31)32)6-13(26)27)22-16(29)10(4-5-12(24)25)20-15(28)9(19)7-23/h8-11,14,23H,3-7,19H2,1-2H3,(H,20,28)(H,21,30)(H,22,29)(H,24,25)(H,26,27)(H,31,32). The Bertz CT molecular complexity index is 714. The van der Waals surface area contributed by atoms with Gasteiger partial charge in [0.15, 0.2) is 0 Å². The fourth-order valence-corrected chi connectivity index (χ4v) is 2.49. The number of rotatable bonds is 15. The number of aliphatic hydroxyl groups is 1. The smallest absolute Gasteiger partial charge is 0.326 e. The van der Waals surface area contributed by atoms with E-state index in [4.69, 9.17) is 26.2 Å². The molecule has 3 amide bonds. The maximum atomic E-state index is 12.7. The normalized spacial score (nSPS) is 15.4. The van der Waals surface area contributed by atoms with E-state index in [0.29, 0.717) is 6.42 Å². The Morgan fingerprint density at radius 2 is 1.41 bits per heavy atom. The zero-order chi connectivity index (χ0) is 25.0. The Hall–Kier alpha value is -3.26. The molecule has 0 aliphatic heterocycles. The van der Waals surface area contributed by atoms with Gasteiger partial charge >= 0.3 is 17.9 Å². The van der Waals surface area contributed by atoms with Crippen LogP contribution in [0, 0.1) is 5.92 Å². The van der Waals surface area contributed by atoms with Crippen molar-refractivity contribution in [3.8, 4) is 0 Å². The van der Waals surface area contributed by atoms with E-state index in [9.17, 15) is 28.8 Å². The molecule has 9 N–H and O–H groups in total. The van der Waals surface area contributed by atoms with E-state index < -0.39 is 85.2 Å². The highest BCUT2D eigenvalue weighted by molar-refractivity contribution is 5.95. The van der Waals surface area contributed by atoms with Crippen molar-refractivity contribution >= 4 is 35.6 Å². The van der Waals surface area contributed by atoms with Crippen LogP contribution in [-0.2, 0) is 28.8 Å². The van der Waals surface area contributed by atoms with Gasteiger partial charge in [0.2, 0.25) is 17.7 Å². The molecule has 182 valence electrons. The van der Waals surface area contributed by atoms with Crippen LogP contribution in [0.15, 0.2) is 0 Å². The Balaban J connectivity index is 5.59. The van der Waals surface area contributed by atoms with Crippen molar-refractivity contribution in [2.75, 3.05) is 6.61 Å². The Kier molecular flexibility index (Phi) is 12.5. The number of aliphatic carboxylic acids is 3. The molecule has 0 spiro atoms. The Labute approximate surface area is 183 Å². The first-order valence-electron chi connectivity index (χ1n) is 9.77. The quantitative estimate of drug-likeness (QED) is 0.124. The minimum absolute atomic E-state index is 0.351. The highest BCUT2D eigenvalue weighted by Gasteiger charge is 2.33. The maximum Gasteiger partial charge on any atom is 0.326 e. The molecule has 0 aromatic heterocycles. The van der Waals surface area contributed by atoms with Gasteiger partial charge in [-0.15, -0.1) is 0 Å². The highest BCUT2D eigenvalue weighted by atomic mass is 16.4. The summed E-state index contributed by atoms with van der Waals surface area (Å²) in [5.41, 5.74) is 5.39. The van der Waals surface area contributed by atoms with Gasteiger partial charge in [0.05, 0.1) is 13.0 Å². The van der Waals surface area contributed by atoms with Crippen molar-refractivity contribution in [1.82, 2.24) is 16.0 Å². The van der Waals surface area contributed by atoms with Gasteiger partial charge in [0, 0.05) is 6.42 Å². The average molecular weight is 462 g/mol. The molecule has 0 aliphatic rings. The molecule has 0 aromatic rings. The molecule has 0 aromatic carbocycles. The lowest BCUT2D eigenvalue weighted by atomic mass is 9.97. The third-order valence-corrected chi connectivity index (χ3v) is 4.60. The second-order valence-corrected chi connectivity index (χ2v) is 7.15. The van der Waals surface area contributed by atoms with Gasteiger partial charge in [-0.05, 0) is 12.3 Å². The van der Waals surface area contributed by atoms with Gasteiger partial charge in [-0.1, -0.05) is 20.3 Å². The monoisotopic (exact) mass is 462 g/mol. The lowest BCUT2D eigenvalue weighted by Gasteiger charge is -2.27. The lowest BCUT2D eigenvalue weighted by molar-refractivity contribution is -0.147. The van der Waals surface area contributed by atoms with Crippen LogP contribution in [0.1, 0.15) is 39.5 Å². The molecule has 5 atom stereocenters. The summed E-state index contributed by atoms with van der Waals surface area (Å²) in [6.45, 7) is 2.54. The Morgan fingerprint density at radius 3 is 1.84 bits per heavy atom. The zero-order valence-corrected chi connectivity index (χ0v) is 17.7. The van der Waals surface area contributed by atoms with Crippen molar-refractivity contribution in [2.24, 2.45) is 11.7 Å². The molecule has 14 heteroatoms. The fraction of sp³-hybridized carbons (Fsp3) is 0.667. The van der Waals surface area contributed by atoms with Gasteiger partial charge in [-0.2, -0.15) is 0 Å². The van der Waals surface area contributed by atoms with Crippen molar-refractivity contribution in [1.29, 1.82) is 0 Å². The van der Waals surface area contributed by atoms with Crippen LogP contribution >= 0.6 is 0 Å². The average Bonchev–Trinajstić information content (AvgIpc) is 2.71. The molecule has 0 fully saturated rings. The fourth-order valence-electron chi connectivity index (χ4n) is 2.49. The Morgan fingerprint density at radius 1 is 0.844 bits per heavy atom. The second kappa shape index (κ2) is 13.9. The van der Waals surface area contributed by atoms with Crippen molar-refractivity contribution in [2.45, 2.75) is 63.7 Å². The molecule has 0 radical (unpaired) electrons. The molecule has 0 saturated heterocycles. The molecule has 0 bridgehead atoms. The third-order valence-electron chi connectivity index (χ3n) is 4.60. The van der Waals surface area contributed by atoms with E-state index in [0.717, 1.165) is 0 Å². The van der Waals surface area contributed by atoms with Crippen molar-refractivity contribution in [3.63, 3.8) is 0 Å². The summed E-state index contributed by atoms with van der Waals surface area (Å²) in [5, 5.41) is 42.4. The summed E-state index contributed by atoms with van der Waals surface area (Å²) in [6.07, 6.45) is -1.39. The number of carbonyl (C=O) groups is 6. The predicted octanol–water partition coefficient (Wildman–Crippen LogP) is -2.77. The summed E-state index contributed by atoms with van der Waals surface area (Å²) in [4.78, 5) is 70.2. The van der Waals surface area contributed by atoms with Crippen molar-refractivity contribution < 1.29 is 49.2 Å². The number of amides is 3. The van der Waals surface area contributed by atoms with Gasteiger partial charge in [0.1, 0.15) is 24.2 Å². The first-order chi connectivity index (χ1) is 14.8. The van der Waals surface area contributed by atoms with Crippen LogP contribution in [0.5, 0.6) is 0 Å². The largest absolute Gasteiger partial charge is 0.481 e. The minimum atomic E-state index is -1.74. The van der Waals surface area contributed by atoms with Crippen LogP contribution in [0.25, 0.3) is 0 Å². The van der Waals surface area contributed by atoms with Crippen molar-refractivity contribution in [3.05, 3.63) is 0 Å². The number of nitrogens with two attached hydrogens (primary N) is 1.